The van der Waals surface area contributed by atoms with Gasteiger partial charge in [-0.25, -0.2) is 8.78 Å². The summed E-state index contributed by atoms with van der Waals surface area (Å²) >= 11 is 0. The highest BCUT2D eigenvalue weighted by atomic mass is 19.1. The first-order valence-electron chi connectivity index (χ1n) is 6.52. The van der Waals surface area contributed by atoms with Crippen LogP contribution in [0.15, 0.2) is 22.7 Å². The lowest BCUT2D eigenvalue weighted by atomic mass is 10.2. The van der Waals surface area contributed by atoms with Crippen molar-refractivity contribution in [2.24, 2.45) is 0 Å². The molecule has 0 spiro atoms. The van der Waals surface area contributed by atoms with Crippen LogP contribution >= 0.6 is 0 Å². The summed E-state index contributed by atoms with van der Waals surface area (Å²) in [6.45, 7) is 2.81. The highest BCUT2D eigenvalue weighted by Gasteiger charge is 2.11. The summed E-state index contributed by atoms with van der Waals surface area (Å²) in [5.74, 6) is 0.0615. The van der Waals surface area contributed by atoms with Crippen LogP contribution in [0.2, 0.25) is 0 Å². The molecule has 0 atom stereocenters. The van der Waals surface area contributed by atoms with Crippen LogP contribution in [0.1, 0.15) is 30.6 Å². The second-order valence-electron chi connectivity index (χ2n) is 4.76. The van der Waals surface area contributed by atoms with Gasteiger partial charge in [-0.05, 0) is 19.5 Å². The fraction of sp³-hybridized carbons (Fsp3) is 0.429. The zero-order valence-electron chi connectivity index (χ0n) is 11.6. The molecule has 6 heteroatoms. The number of halogens is 2. The van der Waals surface area contributed by atoms with Gasteiger partial charge in [0, 0.05) is 24.6 Å². The quantitative estimate of drug-likeness (QED) is 0.816. The number of aromatic nitrogens is 2. The summed E-state index contributed by atoms with van der Waals surface area (Å²) in [5, 5.41) is 3.86. The van der Waals surface area contributed by atoms with Crippen molar-refractivity contribution in [1.29, 1.82) is 0 Å². The smallest absolute Gasteiger partial charge is 0.240 e. The molecule has 0 radical (unpaired) electrons. The molecule has 0 fully saturated rings. The molecule has 0 N–H and O–H groups in total. The Bertz CT molecular complexity index is 571. The van der Waals surface area contributed by atoms with Crippen molar-refractivity contribution in [3.05, 3.63) is 47.1 Å². The molecule has 0 saturated heterocycles. The Morgan fingerprint density at radius 3 is 2.75 bits per heavy atom. The molecule has 1 aromatic carbocycles. The van der Waals surface area contributed by atoms with E-state index < -0.39 is 11.6 Å². The molecular weight excluding hydrogens is 264 g/mol. The van der Waals surface area contributed by atoms with Gasteiger partial charge in [0.2, 0.25) is 5.89 Å². The highest BCUT2D eigenvalue weighted by molar-refractivity contribution is 5.18. The van der Waals surface area contributed by atoms with E-state index in [4.69, 9.17) is 4.52 Å². The summed E-state index contributed by atoms with van der Waals surface area (Å²) in [6, 6.07) is 3.57. The van der Waals surface area contributed by atoms with Gasteiger partial charge in [-0.2, -0.15) is 4.98 Å². The molecule has 108 valence electrons. The molecule has 1 aromatic heterocycles. The van der Waals surface area contributed by atoms with Gasteiger partial charge < -0.3 is 4.52 Å². The van der Waals surface area contributed by atoms with E-state index in [2.05, 4.69) is 10.1 Å². The average molecular weight is 281 g/mol. The zero-order valence-corrected chi connectivity index (χ0v) is 11.6. The molecule has 4 nitrogen and oxygen atoms in total. The Labute approximate surface area is 116 Å². The molecule has 20 heavy (non-hydrogen) atoms. The van der Waals surface area contributed by atoms with Crippen LogP contribution in [0.5, 0.6) is 0 Å². The highest BCUT2D eigenvalue weighted by Crippen LogP contribution is 2.13. The molecule has 0 unspecified atom stereocenters. The Balaban J connectivity index is 1.95. The van der Waals surface area contributed by atoms with E-state index in [9.17, 15) is 8.78 Å². The van der Waals surface area contributed by atoms with Crippen LogP contribution in [-0.2, 0) is 19.5 Å². The monoisotopic (exact) mass is 281 g/mol. The Morgan fingerprint density at radius 2 is 2.05 bits per heavy atom. The third-order valence-corrected chi connectivity index (χ3v) is 2.84. The van der Waals surface area contributed by atoms with E-state index in [0.717, 1.165) is 18.9 Å². The molecule has 1 heterocycles. The maximum Gasteiger partial charge on any atom is 0.240 e. The summed E-state index contributed by atoms with van der Waals surface area (Å²) < 4.78 is 31.5. The lowest BCUT2D eigenvalue weighted by molar-refractivity contribution is 0.257. The van der Waals surface area contributed by atoms with E-state index in [1.54, 1.807) is 0 Å². The summed E-state index contributed by atoms with van der Waals surface area (Å²) in [6.07, 6.45) is 1.73. The zero-order chi connectivity index (χ0) is 14.5. The fourth-order valence-electron chi connectivity index (χ4n) is 1.91. The van der Waals surface area contributed by atoms with E-state index in [1.165, 1.54) is 12.1 Å². The predicted octanol–water partition coefficient (Wildman–Crippen LogP) is 2.93. The van der Waals surface area contributed by atoms with Crippen molar-refractivity contribution in [2.45, 2.75) is 32.9 Å². The van der Waals surface area contributed by atoms with Crippen LogP contribution < -0.4 is 0 Å². The van der Waals surface area contributed by atoms with Gasteiger partial charge >= 0.3 is 0 Å². The lowest BCUT2D eigenvalue weighted by Gasteiger charge is -2.14. The minimum atomic E-state index is -0.574. The van der Waals surface area contributed by atoms with Crippen molar-refractivity contribution in [3.8, 4) is 0 Å². The molecule has 2 aromatic rings. The van der Waals surface area contributed by atoms with Gasteiger partial charge in [-0.1, -0.05) is 18.1 Å². The van der Waals surface area contributed by atoms with Gasteiger partial charge in [0.25, 0.3) is 0 Å². The number of benzene rings is 1. The number of rotatable bonds is 6. The van der Waals surface area contributed by atoms with Crippen LogP contribution in [0.25, 0.3) is 0 Å². The standard InChI is InChI=1S/C14H17F2N3O/c1-3-4-13-17-14(20-18-13)9-19(2)8-10-5-6-11(15)7-12(10)16/h5-7H,3-4,8-9H2,1-2H3. The maximum absolute atomic E-state index is 13.5. The Morgan fingerprint density at radius 1 is 1.25 bits per heavy atom. The first kappa shape index (κ1) is 14.6. The lowest BCUT2D eigenvalue weighted by Crippen LogP contribution is -2.18. The fourth-order valence-corrected chi connectivity index (χ4v) is 1.91. The van der Waals surface area contributed by atoms with Gasteiger partial charge in [-0.3, -0.25) is 4.90 Å². The minimum absolute atomic E-state index is 0.345. The van der Waals surface area contributed by atoms with Crippen molar-refractivity contribution < 1.29 is 13.3 Å². The minimum Gasteiger partial charge on any atom is -0.338 e. The van der Waals surface area contributed by atoms with Crippen LogP contribution in [-0.4, -0.2) is 22.1 Å². The molecule has 0 bridgehead atoms. The molecular formula is C14H17F2N3O. The van der Waals surface area contributed by atoms with E-state index in [-0.39, 0.29) is 0 Å². The SMILES string of the molecule is CCCc1noc(CN(C)Cc2ccc(F)cc2F)n1. The molecule has 0 aliphatic carbocycles. The summed E-state index contributed by atoms with van der Waals surface area (Å²) in [7, 11) is 1.81. The third kappa shape index (κ3) is 3.84. The second kappa shape index (κ2) is 6.56. The van der Waals surface area contributed by atoms with Gasteiger partial charge in [0.1, 0.15) is 11.6 Å². The topological polar surface area (TPSA) is 42.2 Å². The Hall–Kier alpha value is -1.82. The first-order valence-corrected chi connectivity index (χ1v) is 6.52. The van der Waals surface area contributed by atoms with Crippen molar-refractivity contribution in [2.75, 3.05) is 7.05 Å². The van der Waals surface area contributed by atoms with Gasteiger partial charge in [0.15, 0.2) is 5.82 Å². The van der Waals surface area contributed by atoms with Crippen molar-refractivity contribution in [1.82, 2.24) is 15.0 Å². The molecule has 0 aliphatic rings. The first-order chi connectivity index (χ1) is 9.58. The number of hydrogen-bond donors (Lipinski definition) is 0. The normalized spacial score (nSPS) is 11.2. The van der Waals surface area contributed by atoms with E-state index in [0.29, 0.717) is 30.4 Å². The number of aryl methyl sites for hydroxylation is 1. The second-order valence-corrected chi connectivity index (χ2v) is 4.76. The number of hydrogen-bond acceptors (Lipinski definition) is 4. The van der Waals surface area contributed by atoms with Crippen molar-refractivity contribution >= 4 is 0 Å². The maximum atomic E-state index is 13.5. The predicted molar refractivity (Wildman–Crippen MR) is 69.8 cm³/mol. The van der Waals surface area contributed by atoms with E-state index >= 15 is 0 Å². The summed E-state index contributed by atoms with van der Waals surface area (Å²) in [5.41, 5.74) is 0.433. The molecule has 2 rings (SSSR count). The van der Waals surface area contributed by atoms with Gasteiger partial charge in [0.05, 0.1) is 6.54 Å². The molecule has 0 saturated carbocycles. The largest absolute Gasteiger partial charge is 0.338 e. The third-order valence-electron chi connectivity index (χ3n) is 2.84. The van der Waals surface area contributed by atoms with Crippen LogP contribution in [0.3, 0.4) is 0 Å². The average Bonchev–Trinajstić information content (AvgIpc) is 2.81. The van der Waals surface area contributed by atoms with E-state index in [1.807, 2.05) is 18.9 Å². The molecule has 0 amide bonds. The Kier molecular flexibility index (Phi) is 4.79. The van der Waals surface area contributed by atoms with Gasteiger partial charge in [-0.15, -0.1) is 0 Å². The van der Waals surface area contributed by atoms with Crippen molar-refractivity contribution in [3.63, 3.8) is 0 Å². The molecule has 0 aliphatic heterocycles. The van der Waals surface area contributed by atoms with Crippen LogP contribution in [0, 0.1) is 11.6 Å². The number of nitrogens with zero attached hydrogens (tertiary/aromatic N) is 3. The summed E-state index contributed by atoms with van der Waals surface area (Å²) in [4.78, 5) is 6.08. The van der Waals surface area contributed by atoms with Crippen LogP contribution in [0.4, 0.5) is 8.78 Å².